The first kappa shape index (κ1) is 19.1. The van der Waals surface area contributed by atoms with E-state index in [0.717, 1.165) is 36.3 Å². The minimum atomic E-state index is -3.11. The third-order valence-electron chi connectivity index (χ3n) is 4.74. The van der Waals surface area contributed by atoms with Crippen LogP contribution in [0.5, 0.6) is 0 Å². The van der Waals surface area contributed by atoms with Crippen molar-refractivity contribution in [3.05, 3.63) is 42.2 Å². The van der Waals surface area contributed by atoms with Crippen LogP contribution in [0.4, 0.5) is 0 Å². The van der Waals surface area contributed by atoms with Crippen molar-refractivity contribution in [2.24, 2.45) is 0 Å². The molecule has 3 rings (SSSR count). The first-order valence-corrected chi connectivity index (χ1v) is 10.9. The number of unbranched alkanes of at least 4 members (excludes halogenated alkanes) is 2. The summed E-state index contributed by atoms with van der Waals surface area (Å²) >= 11 is 0. The van der Waals surface area contributed by atoms with E-state index in [1.54, 1.807) is 4.31 Å². The quantitative estimate of drug-likeness (QED) is 0.662. The number of hydrogen-bond donors (Lipinski definition) is 0. The van der Waals surface area contributed by atoms with E-state index in [9.17, 15) is 8.42 Å². The van der Waals surface area contributed by atoms with Crippen molar-refractivity contribution >= 4 is 10.0 Å². The average Bonchev–Trinajstić information content (AvgIpc) is 3.12. The molecule has 1 aliphatic heterocycles. The maximum absolute atomic E-state index is 12.4. The van der Waals surface area contributed by atoms with Gasteiger partial charge in [-0.15, -0.1) is 0 Å². The van der Waals surface area contributed by atoms with Crippen LogP contribution in [-0.4, -0.2) is 54.7 Å². The Morgan fingerprint density at radius 1 is 1.08 bits per heavy atom. The zero-order valence-corrected chi connectivity index (χ0v) is 16.1. The minimum absolute atomic E-state index is 0.267. The molecule has 7 heteroatoms. The predicted octanol–water partition coefficient (Wildman–Crippen LogP) is 2.98. The summed E-state index contributed by atoms with van der Waals surface area (Å²) in [6.45, 7) is 5.27. The van der Waals surface area contributed by atoms with Crippen molar-refractivity contribution < 1.29 is 12.9 Å². The number of sulfonamides is 1. The second-order valence-corrected chi connectivity index (χ2v) is 8.83. The largest absolute Gasteiger partial charge is 0.359 e. The Bertz CT molecular complexity index is 781. The van der Waals surface area contributed by atoms with Crippen LogP contribution >= 0.6 is 0 Å². The highest BCUT2D eigenvalue weighted by molar-refractivity contribution is 7.89. The summed E-state index contributed by atoms with van der Waals surface area (Å²) in [5.74, 6) is 1.08. The summed E-state index contributed by atoms with van der Waals surface area (Å²) < 4.78 is 31.8. The molecule has 0 spiro atoms. The lowest BCUT2D eigenvalue weighted by molar-refractivity contribution is 0.166. The number of rotatable bonds is 8. The first-order chi connectivity index (χ1) is 12.6. The van der Waals surface area contributed by atoms with E-state index in [-0.39, 0.29) is 5.75 Å². The van der Waals surface area contributed by atoms with Gasteiger partial charge >= 0.3 is 0 Å². The molecule has 0 N–H and O–H groups in total. The van der Waals surface area contributed by atoms with E-state index < -0.39 is 10.0 Å². The summed E-state index contributed by atoms with van der Waals surface area (Å²) in [6, 6.07) is 11.9. The van der Waals surface area contributed by atoms with Crippen LogP contribution in [0.2, 0.25) is 0 Å². The van der Waals surface area contributed by atoms with Gasteiger partial charge in [-0.25, -0.2) is 8.42 Å². The first-order valence-electron chi connectivity index (χ1n) is 9.29. The molecule has 2 heterocycles. The Morgan fingerprint density at radius 2 is 1.81 bits per heavy atom. The Hall–Kier alpha value is -1.70. The maximum atomic E-state index is 12.4. The van der Waals surface area contributed by atoms with Crippen LogP contribution in [0.3, 0.4) is 0 Å². The zero-order chi connectivity index (χ0) is 18.4. The molecular formula is C19H27N3O3S. The molecule has 0 atom stereocenters. The van der Waals surface area contributed by atoms with E-state index in [1.165, 1.54) is 0 Å². The maximum Gasteiger partial charge on any atom is 0.214 e. The molecule has 142 valence electrons. The van der Waals surface area contributed by atoms with Gasteiger partial charge in [0.1, 0.15) is 5.69 Å². The highest BCUT2D eigenvalue weighted by Gasteiger charge is 2.26. The fraction of sp³-hybridized carbons (Fsp3) is 0.526. The van der Waals surface area contributed by atoms with Gasteiger partial charge in [0.05, 0.1) is 12.3 Å². The van der Waals surface area contributed by atoms with Crippen LogP contribution < -0.4 is 0 Å². The van der Waals surface area contributed by atoms with Crippen molar-refractivity contribution in [1.29, 1.82) is 0 Å². The second kappa shape index (κ2) is 8.79. The summed E-state index contributed by atoms with van der Waals surface area (Å²) in [7, 11) is -3.11. The monoisotopic (exact) mass is 377 g/mol. The lowest BCUT2D eigenvalue weighted by atomic mass is 10.1. The fourth-order valence-electron chi connectivity index (χ4n) is 3.18. The van der Waals surface area contributed by atoms with Gasteiger partial charge in [0.2, 0.25) is 10.0 Å². The fourth-order valence-corrected chi connectivity index (χ4v) is 4.73. The van der Waals surface area contributed by atoms with Gasteiger partial charge in [-0.05, 0) is 6.42 Å². The van der Waals surface area contributed by atoms with Gasteiger partial charge in [-0.2, -0.15) is 4.31 Å². The second-order valence-electron chi connectivity index (χ2n) is 6.74. The van der Waals surface area contributed by atoms with Crippen molar-refractivity contribution in [2.75, 3.05) is 31.9 Å². The van der Waals surface area contributed by atoms with Gasteiger partial charge in [0.25, 0.3) is 0 Å². The molecule has 1 aromatic carbocycles. The molecule has 0 saturated carbocycles. The predicted molar refractivity (Wildman–Crippen MR) is 102 cm³/mol. The summed E-state index contributed by atoms with van der Waals surface area (Å²) in [4.78, 5) is 2.22. The van der Waals surface area contributed by atoms with Gasteiger partial charge in [0, 0.05) is 37.8 Å². The molecule has 0 radical (unpaired) electrons. The van der Waals surface area contributed by atoms with Crippen molar-refractivity contribution in [3.8, 4) is 11.3 Å². The number of piperazine rings is 1. The summed E-state index contributed by atoms with van der Waals surface area (Å²) in [6.07, 6.45) is 2.75. The van der Waals surface area contributed by atoms with Gasteiger partial charge in [0.15, 0.2) is 5.76 Å². The van der Waals surface area contributed by atoms with Crippen LogP contribution in [0.15, 0.2) is 40.9 Å². The summed E-state index contributed by atoms with van der Waals surface area (Å²) in [5.41, 5.74) is 1.86. The lowest BCUT2D eigenvalue weighted by Crippen LogP contribution is -2.48. The molecule has 0 amide bonds. The van der Waals surface area contributed by atoms with Gasteiger partial charge < -0.3 is 4.52 Å². The highest BCUT2D eigenvalue weighted by Crippen LogP contribution is 2.20. The molecule has 1 aliphatic rings. The number of hydrogen-bond acceptors (Lipinski definition) is 5. The molecule has 0 aliphatic carbocycles. The normalized spacial score (nSPS) is 16.8. The van der Waals surface area contributed by atoms with Gasteiger partial charge in [-0.3, -0.25) is 4.90 Å². The van der Waals surface area contributed by atoms with E-state index in [1.807, 2.05) is 36.4 Å². The van der Waals surface area contributed by atoms with Crippen LogP contribution in [0, 0.1) is 0 Å². The standard InChI is InChI=1S/C19H27N3O3S/c1-2-3-7-14-26(23,24)22-12-10-21(11-13-22)16-18-15-19(20-25-18)17-8-5-4-6-9-17/h4-6,8-9,15H,2-3,7,10-14,16H2,1H3. The Balaban J connectivity index is 1.51. The van der Waals surface area contributed by atoms with E-state index in [2.05, 4.69) is 17.0 Å². The summed E-state index contributed by atoms with van der Waals surface area (Å²) in [5, 5.41) is 4.14. The molecular weight excluding hydrogens is 350 g/mol. The van der Waals surface area contributed by atoms with Crippen molar-refractivity contribution in [2.45, 2.75) is 32.7 Å². The van der Waals surface area contributed by atoms with Crippen LogP contribution in [0.25, 0.3) is 11.3 Å². The molecule has 1 aromatic heterocycles. The highest BCUT2D eigenvalue weighted by atomic mass is 32.2. The molecule has 26 heavy (non-hydrogen) atoms. The van der Waals surface area contributed by atoms with Crippen LogP contribution in [0.1, 0.15) is 31.9 Å². The number of nitrogens with zero attached hydrogens (tertiary/aromatic N) is 3. The Labute approximate surface area is 155 Å². The smallest absolute Gasteiger partial charge is 0.214 e. The van der Waals surface area contributed by atoms with E-state index in [0.29, 0.717) is 32.7 Å². The lowest BCUT2D eigenvalue weighted by Gasteiger charge is -2.33. The minimum Gasteiger partial charge on any atom is -0.359 e. The van der Waals surface area contributed by atoms with Gasteiger partial charge in [-0.1, -0.05) is 55.3 Å². The Morgan fingerprint density at radius 3 is 2.50 bits per heavy atom. The number of benzene rings is 1. The molecule has 6 nitrogen and oxygen atoms in total. The molecule has 2 aromatic rings. The molecule has 0 unspecified atom stereocenters. The topological polar surface area (TPSA) is 66.7 Å². The zero-order valence-electron chi connectivity index (χ0n) is 15.3. The third kappa shape index (κ3) is 4.93. The Kier molecular flexibility index (Phi) is 6.45. The third-order valence-corrected chi connectivity index (χ3v) is 6.69. The van der Waals surface area contributed by atoms with Crippen molar-refractivity contribution in [1.82, 2.24) is 14.4 Å². The SMILES string of the molecule is CCCCCS(=O)(=O)N1CCN(Cc2cc(-c3ccccc3)no2)CC1. The average molecular weight is 378 g/mol. The molecule has 1 saturated heterocycles. The molecule has 1 fully saturated rings. The van der Waals surface area contributed by atoms with E-state index in [4.69, 9.17) is 4.52 Å². The van der Waals surface area contributed by atoms with Crippen LogP contribution in [-0.2, 0) is 16.6 Å². The number of aromatic nitrogens is 1. The molecule has 0 bridgehead atoms. The van der Waals surface area contributed by atoms with Crippen molar-refractivity contribution in [3.63, 3.8) is 0 Å². The van der Waals surface area contributed by atoms with E-state index >= 15 is 0 Å².